The number of anilines is 1. The first-order valence-corrected chi connectivity index (χ1v) is 9.05. The van der Waals surface area contributed by atoms with Crippen molar-refractivity contribution in [2.75, 3.05) is 37.8 Å². The molecule has 2 rings (SSSR count). The molecule has 0 spiro atoms. The molecule has 1 fully saturated rings. The maximum atomic E-state index is 11.9. The Morgan fingerprint density at radius 1 is 1.39 bits per heavy atom. The minimum Gasteiger partial charge on any atom is -0.336 e. The van der Waals surface area contributed by atoms with Crippen molar-refractivity contribution in [3.05, 3.63) is 23.8 Å². The summed E-state index contributed by atoms with van der Waals surface area (Å²) < 4.78 is 23.1. The van der Waals surface area contributed by atoms with Crippen LogP contribution in [0.3, 0.4) is 0 Å². The normalized spacial score (nSPS) is 14.5. The highest BCUT2D eigenvalue weighted by atomic mass is 32.2. The number of rotatable bonds is 5. The molecule has 0 aromatic heterocycles. The van der Waals surface area contributed by atoms with Crippen LogP contribution in [-0.2, 0) is 9.84 Å². The molecule has 9 heteroatoms. The van der Waals surface area contributed by atoms with Gasteiger partial charge in [0.15, 0.2) is 9.84 Å². The van der Waals surface area contributed by atoms with Gasteiger partial charge in [-0.3, -0.25) is 0 Å². The fraction of sp³-hybridized carbons (Fsp3) is 0.429. The smallest absolute Gasteiger partial charge is 0.319 e. The lowest BCUT2D eigenvalue weighted by molar-refractivity contribution is 0.216. The second kappa shape index (κ2) is 6.86. The van der Waals surface area contributed by atoms with Crippen LogP contribution in [-0.4, -0.2) is 57.8 Å². The molecule has 1 aliphatic rings. The van der Waals surface area contributed by atoms with Crippen LogP contribution in [0.4, 0.5) is 15.3 Å². The SMILES string of the molecule is Cc1ccc(S(C)(=O)=O)cc1NC(=O)NCCN1CCNC1=O. The largest absolute Gasteiger partial charge is 0.336 e. The molecule has 1 saturated heterocycles. The Balaban J connectivity index is 1.91. The molecule has 1 aromatic rings. The second-order valence-corrected chi connectivity index (χ2v) is 7.36. The van der Waals surface area contributed by atoms with E-state index in [1.807, 2.05) is 0 Å². The predicted molar refractivity (Wildman–Crippen MR) is 86.3 cm³/mol. The fourth-order valence-corrected chi connectivity index (χ4v) is 2.81. The van der Waals surface area contributed by atoms with Gasteiger partial charge in [0.1, 0.15) is 0 Å². The average molecular weight is 340 g/mol. The summed E-state index contributed by atoms with van der Waals surface area (Å²) in [5.74, 6) is 0. The van der Waals surface area contributed by atoms with Crippen molar-refractivity contribution >= 4 is 27.6 Å². The standard InChI is InChI=1S/C14H20N4O4S/c1-10-3-4-11(23(2,21)22)9-12(10)17-13(19)15-5-7-18-8-6-16-14(18)20/h3-4,9H,5-8H2,1-2H3,(H,16,20)(H2,15,17,19). The van der Waals surface area contributed by atoms with Gasteiger partial charge in [0, 0.05) is 38.1 Å². The molecule has 0 bridgehead atoms. The van der Waals surface area contributed by atoms with Gasteiger partial charge >= 0.3 is 12.1 Å². The van der Waals surface area contributed by atoms with Gasteiger partial charge < -0.3 is 20.9 Å². The Morgan fingerprint density at radius 2 is 2.13 bits per heavy atom. The van der Waals surface area contributed by atoms with E-state index in [4.69, 9.17) is 0 Å². The van der Waals surface area contributed by atoms with E-state index in [2.05, 4.69) is 16.0 Å². The zero-order chi connectivity index (χ0) is 17.0. The van der Waals surface area contributed by atoms with Crippen LogP contribution in [0.2, 0.25) is 0 Å². The molecule has 0 radical (unpaired) electrons. The number of sulfone groups is 1. The third kappa shape index (κ3) is 4.59. The number of amides is 4. The molecule has 4 amide bonds. The summed E-state index contributed by atoms with van der Waals surface area (Å²) >= 11 is 0. The molecule has 0 saturated carbocycles. The number of nitrogens with zero attached hydrogens (tertiary/aromatic N) is 1. The van der Waals surface area contributed by atoms with Crippen molar-refractivity contribution in [2.45, 2.75) is 11.8 Å². The van der Waals surface area contributed by atoms with Crippen LogP contribution in [0.1, 0.15) is 5.56 Å². The summed E-state index contributed by atoms with van der Waals surface area (Å²) in [6, 6.07) is 3.99. The average Bonchev–Trinajstić information content (AvgIpc) is 2.86. The zero-order valence-electron chi connectivity index (χ0n) is 13.0. The van der Waals surface area contributed by atoms with E-state index in [0.717, 1.165) is 11.8 Å². The van der Waals surface area contributed by atoms with Crippen molar-refractivity contribution in [1.82, 2.24) is 15.5 Å². The molecule has 0 atom stereocenters. The number of carbonyl (C=O) groups excluding carboxylic acids is 2. The number of urea groups is 2. The molecule has 0 unspecified atom stereocenters. The molecule has 1 aromatic carbocycles. The van der Waals surface area contributed by atoms with Crippen LogP contribution in [0.5, 0.6) is 0 Å². The summed E-state index contributed by atoms with van der Waals surface area (Å²) in [7, 11) is -3.33. The Labute approximate surface area is 135 Å². The number of aryl methyl sites for hydroxylation is 1. The van der Waals surface area contributed by atoms with Crippen LogP contribution >= 0.6 is 0 Å². The first-order chi connectivity index (χ1) is 10.8. The fourth-order valence-electron chi connectivity index (χ4n) is 2.16. The van der Waals surface area contributed by atoms with E-state index >= 15 is 0 Å². The molecule has 126 valence electrons. The Kier molecular flexibility index (Phi) is 5.09. The molecule has 0 aliphatic carbocycles. The predicted octanol–water partition coefficient (Wildman–Crippen LogP) is 0.545. The number of nitrogens with one attached hydrogen (secondary N) is 3. The molecule has 1 aliphatic heterocycles. The summed E-state index contributed by atoms with van der Waals surface area (Å²) in [6.45, 7) is 3.74. The van der Waals surface area contributed by atoms with Gasteiger partial charge in [-0.15, -0.1) is 0 Å². The molecule has 23 heavy (non-hydrogen) atoms. The third-order valence-electron chi connectivity index (χ3n) is 3.50. The van der Waals surface area contributed by atoms with Crippen molar-refractivity contribution in [3.63, 3.8) is 0 Å². The van der Waals surface area contributed by atoms with Crippen molar-refractivity contribution in [3.8, 4) is 0 Å². The first-order valence-electron chi connectivity index (χ1n) is 7.16. The topological polar surface area (TPSA) is 108 Å². The third-order valence-corrected chi connectivity index (χ3v) is 4.61. The molecule has 1 heterocycles. The Hall–Kier alpha value is -2.29. The van der Waals surface area contributed by atoms with Crippen LogP contribution in [0.15, 0.2) is 23.1 Å². The lowest BCUT2D eigenvalue weighted by Gasteiger charge is -2.15. The maximum Gasteiger partial charge on any atom is 0.319 e. The van der Waals surface area contributed by atoms with Gasteiger partial charge in [-0.05, 0) is 24.6 Å². The van der Waals surface area contributed by atoms with Gasteiger partial charge in [-0.25, -0.2) is 18.0 Å². The molecule has 8 nitrogen and oxygen atoms in total. The van der Waals surface area contributed by atoms with E-state index in [9.17, 15) is 18.0 Å². The molecule has 3 N–H and O–H groups in total. The second-order valence-electron chi connectivity index (χ2n) is 5.35. The highest BCUT2D eigenvalue weighted by molar-refractivity contribution is 7.90. The monoisotopic (exact) mass is 340 g/mol. The number of benzene rings is 1. The summed E-state index contributed by atoms with van der Waals surface area (Å²) in [5.41, 5.74) is 1.19. The van der Waals surface area contributed by atoms with Crippen molar-refractivity contribution in [2.24, 2.45) is 0 Å². The zero-order valence-corrected chi connectivity index (χ0v) is 13.9. The minimum atomic E-state index is -3.33. The van der Waals surface area contributed by atoms with Gasteiger partial charge in [-0.2, -0.15) is 0 Å². The van der Waals surface area contributed by atoms with Crippen molar-refractivity contribution in [1.29, 1.82) is 0 Å². The Morgan fingerprint density at radius 3 is 2.74 bits per heavy atom. The maximum absolute atomic E-state index is 11.9. The van der Waals surface area contributed by atoms with Crippen LogP contribution in [0.25, 0.3) is 0 Å². The van der Waals surface area contributed by atoms with Gasteiger partial charge in [0.25, 0.3) is 0 Å². The van der Waals surface area contributed by atoms with E-state index in [0.29, 0.717) is 31.9 Å². The van der Waals surface area contributed by atoms with E-state index in [1.54, 1.807) is 17.9 Å². The molecular weight excluding hydrogens is 320 g/mol. The highest BCUT2D eigenvalue weighted by Gasteiger charge is 2.18. The van der Waals surface area contributed by atoms with E-state index in [1.165, 1.54) is 12.1 Å². The first kappa shape index (κ1) is 17.1. The van der Waals surface area contributed by atoms with Crippen LogP contribution < -0.4 is 16.0 Å². The van der Waals surface area contributed by atoms with Gasteiger partial charge in [0.2, 0.25) is 0 Å². The summed E-state index contributed by atoms with van der Waals surface area (Å²) in [5, 5.41) is 7.95. The lowest BCUT2D eigenvalue weighted by atomic mass is 10.2. The van der Waals surface area contributed by atoms with Gasteiger partial charge in [0.05, 0.1) is 4.90 Å². The number of carbonyl (C=O) groups is 2. The minimum absolute atomic E-state index is 0.135. The highest BCUT2D eigenvalue weighted by Crippen LogP contribution is 2.20. The lowest BCUT2D eigenvalue weighted by Crippen LogP contribution is -2.38. The quantitative estimate of drug-likeness (QED) is 0.727. The van der Waals surface area contributed by atoms with Gasteiger partial charge in [-0.1, -0.05) is 6.07 Å². The van der Waals surface area contributed by atoms with Crippen LogP contribution in [0, 0.1) is 6.92 Å². The van der Waals surface area contributed by atoms with E-state index < -0.39 is 15.9 Å². The summed E-state index contributed by atoms with van der Waals surface area (Å²) in [4.78, 5) is 25.0. The van der Waals surface area contributed by atoms with Crippen molar-refractivity contribution < 1.29 is 18.0 Å². The summed E-state index contributed by atoms with van der Waals surface area (Å²) in [6.07, 6.45) is 1.11. The number of hydrogen-bond donors (Lipinski definition) is 3. The van der Waals surface area contributed by atoms with E-state index in [-0.39, 0.29) is 10.9 Å². The Bertz CT molecular complexity index is 717. The number of hydrogen-bond acceptors (Lipinski definition) is 4. The molecular formula is C14H20N4O4S.